The van der Waals surface area contributed by atoms with Crippen LogP contribution in [0, 0.1) is 6.10 Å². The molecule has 1 aliphatic rings. The Hall–Kier alpha value is -0.917. The van der Waals surface area contributed by atoms with E-state index in [1.165, 1.54) is 12.2 Å². The van der Waals surface area contributed by atoms with E-state index in [4.69, 9.17) is 0 Å². The molecule has 60 valence electrons. The molecule has 1 aliphatic carbocycles. The normalized spacial score (nSPS) is 13.6. The summed E-state index contributed by atoms with van der Waals surface area (Å²) < 4.78 is 0. The van der Waals surface area contributed by atoms with Crippen molar-refractivity contribution in [2.24, 2.45) is 0 Å². The van der Waals surface area contributed by atoms with Crippen LogP contribution in [-0.2, 0) is 19.5 Å². The van der Waals surface area contributed by atoms with Gasteiger partial charge in [0.1, 0.15) is 11.1 Å². The Morgan fingerprint density at radius 3 is 2.62 bits per heavy atom. The Bertz CT molecular complexity index is 358. The number of ketones is 1. The molecule has 0 saturated carbocycles. The summed E-state index contributed by atoms with van der Waals surface area (Å²) in [7, 11) is 0. The first-order valence-corrected chi connectivity index (χ1v) is 3.67. The molecule has 0 amide bonds. The Kier molecular flexibility index (Phi) is 3.02. The van der Waals surface area contributed by atoms with Gasteiger partial charge in [-0.15, -0.1) is 0 Å². The summed E-state index contributed by atoms with van der Waals surface area (Å²) >= 11 is 0. The average Bonchev–Trinajstić information content (AvgIpc) is 2.12. The number of rotatable bonds is 0. The standard InChI is InChI=1S/C10H7O2.Zn/c11-9-5-6-10(12)8-4-2-1-3-7(8)9;/h1-6,11H;/q+1;. The summed E-state index contributed by atoms with van der Waals surface area (Å²) in [6.07, 6.45) is 2.95. The molecule has 0 saturated heterocycles. The van der Waals surface area contributed by atoms with Crippen LogP contribution in [0.4, 0.5) is 0 Å². The fraction of sp³-hybridized carbons (Fsp3) is 0. The summed E-state index contributed by atoms with van der Waals surface area (Å²) in [5, 5.41) is 9.36. The van der Waals surface area contributed by atoms with E-state index in [1.54, 1.807) is 24.3 Å². The van der Waals surface area contributed by atoms with E-state index in [0.29, 0.717) is 11.1 Å². The van der Waals surface area contributed by atoms with E-state index in [0.717, 1.165) is 0 Å². The molecule has 1 aromatic carbocycles. The minimum Gasteiger partial charge on any atom is -0.313 e. The number of carbonyl (C=O) groups is 1. The molecular weight excluding hydrogens is 217 g/mol. The van der Waals surface area contributed by atoms with Gasteiger partial charge in [0.05, 0.1) is 12.2 Å². The smallest absolute Gasteiger partial charge is 0.267 e. The molecule has 3 heteroatoms. The van der Waals surface area contributed by atoms with Crippen LogP contribution in [0.15, 0.2) is 36.4 Å². The second kappa shape index (κ2) is 3.86. The van der Waals surface area contributed by atoms with Crippen molar-refractivity contribution in [1.29, 1.82) is 0 Å². The summed E-state index contributed by atoms with van der Waals surface area (Å²) in [5.41, 5.74) is 1.18. The summed E-state index contributed by atoms with van der Waals surface area (Å²) in [4.78, 5) is 11.2. The van der Waals surface area contributed by atoms with Crippen molar-refractivity contribution < 1.29 is 29.4 Å². The predicted octanol–water partition coefficient (Wildman–Crippen LogP) is 1.69. The SMILES string of the molecule is O=C1C=C[C+](O)c2ccccc21.[Zn]. The first-order valence-electron chi connectivity index (χ1n) is 3.67. The quantitative estimate of drug-likeness (QED) is 0.538. The number of aliphatic hydroxyl groups excluding tert-OH is 1. The monoisotopic (exact) mass is 223 g/mol. The van der Waals surface area contributed by atoms with Crippen LogP contribution >= 0.6 is 0 Å². The number of benzene rings is 1. The second-order valence-corrected chi connectivity index (χ2v) is 2.63. The van der Waals surface area contributed by atoms with Gasteiger partial charge in [0, 0.05) is 25.5 Å². The van der Waals surface area contributed by atoms with Crippen LogP contribution in [0.1, 0.15) is 15.9 Å². The van der Waals surface area contributed by atoms with E-state index < -0.39 is 0 Å². The van der Waals surface area contributed by atoms with Crippen LogP contribution in [0.3, 0.4) is 0 Å². The topological polar surface area (TPSA) is 37.3 Å². The van der Waals surface area contributed by atoms with Crippen molar-refractivity contribution in [1.82, 2.24) is 0 Å². The molecular formula is C10H7O2Zn+. The van der Waals surface area contributed by atoms with E-state index in [9.17, 15) is 9.90 Å². The molecule has 1 aromatic rings. The molecule has 2 rings (SSSR count). The second-order valence-electron chi connectivity index (χ2n) is 2.63. The minimum absolute atomic E-state index is 0. The zero-order valence-electron chi connectivity index (χ0n) is 7.03. The molecule has 1 N–H and O–H groups in total. The summed E-state index contributed by atoms with van der Waals surface area (Å²) in [6, 6.07) is 7.01. The van der Waals surface area contributed by atoms with Gasteiger partial charge in [-0.25, -0.2) is 0 Å². The Morgan fingerprint density at radius 2 is 1.92 bits per heavy atom. The largest absolute Gasteiger partial charge is 0.313 e. The van der Waals surface area contributed by atoms with Gasteiger partial charge >= 0.3 is 0 Å². The van der Waals surface area contributed by atoms with Crippen molar-refractivity contribution in [2.45, 2.75) is 0 Å². The van der Waals surface area contributed by atoms with Crippen LogP contribution in [0.2, 0.25) is 0 Å². The summed E-state index contributed by atoms with van der Waals surface area (Å²) in [5.74, 6) is -0.0524. The van der Waals surface area contributed by atoms with E-state index in [1.807, 2.05) is 0 Å². The van der Waals surface area contributed by atoms with Gasteiger partial charge in [-0.05, 0) is 18.2 Å². The Labute approximate surface area is 89.0 Å². The van der Waals surface area contributed by atoms with Crippen LogP contribution in [0.5, 0.6) is 0 Å². The maximum Gasteiger partial charge on any atom is 0.267 e. The third kappa shape index (κ3) is 1.72. The van der Waals surface area contributed by atoms with Gasteiger partial charge in [0.2, 0.25) is 0 Å². The number of hydrogen-bond donors (Lipinski definition) is 1. The minimum atomic E-state index is -0.0524. The van der Waals surface area contributed by atoms with Crippen LogP contribution in [0.25, 0.3) is 0 Å². The van der Waals surface area contributed by atoms with Gasteiger partial charge in [-0.1, -0.05) is 0 Å². The van der Waals surface area contributed by atoms with Gasteiger partial charge in [0.15, 0.2) is 6.10 Å². The fourth-order valence-corrected chi connectivity index (χ4v) is 1.26. The third-order valence-electron chi connectivity index (χ3n) is 1.86. The molecule has 2 nitrogen and oxygen atoms in total. The first kappa shape index (κ1) is 10.2. The maximum atomic E-state index is 11.2. The maximum absolute atomic E-state index is 11.2. The molecule has 13 heavy (non-hydrogen) atoms. The molecule has 0 aliphatic heterocycles. The van der Waals surface area contributed by atoms with E-state index >= 15 is 0 Å². The molecule has 0 spiro atoms. The van der Waals surface area contributed by atoms with Crippen molar-refractivity contribution in [2.75, 3.05) is 0 Å². The molecule has 0 unspecified atom stereocenters. The zero-order chi connectivity index (χ0) is 8.55. The predicted molar refractivity (Wildman–Crippen MR) is 44.2 cm³/mol. The third-order valence-corrected chi connectivity index (χ3v) is 1.86. The van der Waals surface area contributed by atoms with Crippen molar-refractivity contribution in [3.8, 4) is 0 Å². The van der Waals surface area contributed by atoms with Crippen LogP contribution in [-0.4, -0.2) is 10.9 Å². The molecule has 0 fully saturated rings. The fourth-order valence-electron chi connectivity index (χ4n) is 1.26. The van der Waals surface area contributed by atoms with Crippen molar-refractivity contribution in [3.05, 3.63) is 53.6 Å². The number of carbonyl (C=O) groups excluding carboxylic acids is 1. The van der Waals surface area contributed by atoms with Crippen molar-refractivity contribution in [3.63, 3.8) is 0 Å². The Balaban J connectivity index is 0.000000845. The number of aliphatic hydroxyl groups is 1. The van der Waals surface area contributed by atoms with E-state index in [-0.39, 0.29) is 31.4 Å². The van der Waals surface area contributed by atoms with Gasteiger partial charge < -0.3 is 5.11 Å². The zero-order valence-corrected chi connectivity index (χ0v) is 9.99. The van der Waals surface area contributed by atoms with Gasteiger partial charge in [0.25, 0.3) is 5.78 Å². The number of hydrogen-bond acceptors (Lipinski definition) is 2. The molecule has 0 radical (unpaired) electrons. The van der Waals surface area contributed by atoms with Gasteiger partial charge in [-0.2, -0.15) is 0 Å². The van der Waals surface area contributed by atoms with E-state index in [2.05, 4.69) is 0 Å². The van der Waals surface area contributed by atoms with Gasteiger partial charge in [-0.3, -0.25) is 4.79 Å². The first-order chi connectivity index (χ1) is 5.79. The van der Waals surface area contributed by atoms with Crippen molar-refractivity contribution >= 4 is 5.78 Å². The number of allylic oxidation sites excluding steroid dienone is 1. The van der Waals surface area contributed by atoms with Crippen LogP contribution < -0.4 is 0 Å². The molecule has 0 aromatic heterocycles. The molecule has 0 bridgehead atoms. The molecule has 0 heterocycles. The summed E-state index contributed by atoms with van der Waals surface area (Å²) in [6.45, 7) is 0. The average molecular weight is 225 g/mol. The Morgan fingerprint density at radius 1 is 1.23 bits per heavy atom. The number of fused-ring (bicyclic) bond motifs is 1. The molecule has 0 atom stereocenters.